The first-order valence-electron chi connectivity index (χ1n) is 13.1. The van der Waals surface area contributed by atoms with Crippen LogP contribution < -0.4 is 10.1 Å². The quantitative estimate of drug-likeness (QED) is 0.495. The van der Waals surface area contributed by atoms with Crippen molar-refractivity contribution < 1.29 is 19.1 Å². The average Bonchev–Trinajstić information content (AvgIpc) is 3.40. The molecule has 1 atom stereocenters. The van der Waals surface area contributed by atoms with Crippen molar-refractivity contribution in [3.05, 3.63) is 64.7 Å². The minimum Gasteiger partial charge on any atom is -0.497 e. The molecule has 0 radical (unpaired) electrons. The second kappa shape index (κ2) is 13.6. The molecule has 0 saturated carbocycles. The number of hydrogen-bond donors (Lipinski definition) is 1. The number of carbonyl (C=O) groups excluding carboxylic acids is 2. The van der Waals surface area contributed by atoms with E-state index in [1.807, 2.05) is 55.5 Å². The summed E-state index contributed by atoms with van der Waals surface area (Å²) in [7, 11) is 1.62. The Hall–Kier alpha value is -3.14. The Morgan fingerprint density at radius 1 is 1.18 bits per heavy atom. The standard InChI is InChI=1S/C28H36ClN5O4/c1-3-11-30-28(36)33(13-12-32-14-16-38-17-15-32)20-27(35)34-26(23-9-4-5-10-24(23)29)19-25(31-34)21-7-6-8-22(18-21)37-2/h4-10,18,26H,3,11-17,19-20H2,1-2H3,(H,30,36)/t26-/m0/s1. The summed E-state index contributed by atoms with van der Waals surface area (Å²) < 4.78 is 10.8. The van der Waals surface area contributed by atoms with E-state index in [0.717, 1.165) is 36.3 Å². The van der Waals surface area contributed by atoms with E-state index in [9.17, 15) is 9.59 Å². The molecule has 0 aliphatic carbocycles. The van der Waals surface area contributed by atoms with Gasteiger partial charge in [0.2, 0.25) is 0 Å². The van der Waals surface area contributed by atoms with Crippen LogP contribution in [0.3, 0.4) is 0 Å². The fourth-order valence-electron chi connectivity index (χ4n) is 4.62. The number of nitrogens with one attached hydrogen (secondary N) is 1. The third-order valence-electron chi connectivity index (χ3n) is 6.76. The first-order chi connectivity index (χ1) is 18.5. The van der Waals surface area contributed by atoms with Gasteiger partial charge >= 0.3 is 6.03 Å². The van der Waals surface area contributed by atoms with E-state index in [1.54, 1.807) is 12.0 Å². The van der Waals surface area contributed by atoms with Crippen LogP contribution in [-0.2, 0) is 9.53 Å². The highest BCUT2D eigenvalue weighted by molar-refractivity contribution is 6.31. The third-order valence-corrected chi connectivity index (χ3v) is 7.11. The molecule has 4 rings (SSSR count). The maximum absolute atomic E-state index is 13.8. The number of urea groups is 1. The van der Waals surface area contributed by atoms with E-state index in [2.05, 4.69) is 10.2 Å². The maximum Gasteiger partial charge on any atom is 0.317 e. The average molecular weight is 542 g/mol. The van der Waals surface area contributed by atoms with Crippen molar-refractivity contribution in [3.63, 3.8) is 0 Å². The van der Waals surface area contributed by atoms with E-state index in [1.165, 1.54) is 5.01 Å². The van der Waals surface area contributed by atoms with E-state index in [-0.39, 0.29) is 24.5 Å². The first kappa shape index (κ1) is 27.9. The van der Waals surface area contributed by atoms with Gasteiger partial charge in [0.05, 0.1) is 32.1 Å². The van der Waals surface area contributed by atoms with Crippen LogP contribution in [0.5, 0.6) is 5.75 Å². The molecule has 38 heavy (non-hydrogen) atoms. The molecule has 10 heteroatoms. The second-order valence-corrected chi connectivity index (χ2v) is 9.77. The summed E-state index contributed by atoms with van der Waals surface area (Å²) in [5.74, 6) is 0.451. The summed E-state index contributed by atoms with van der Waals surface area (Å²) in [6.07, 6.45) is 1.31. The molecule has 1 N–H and O–H groups in total. The number of carbonyl (C=O) groups is 2. The SMILES string of the molecule is CCCNC(=O)N(CCN1CCOCC1)CC(=O)N1N=C(c2cccc(OC)c2)C[C@H]1c1ccccc1Cl. The van der Waals surface area contributed by atoms with Crippen molar-refractivity contribution in [1.82, 2.24) is 20.1 Å². The van der Waals surface area contributed by atoms with Crippen LogP contribution in [0.15, 0.2) is 53.6 Å². The number of methoxy groups -OCH3 is 1. The zero-order valence-corrected chi connectivity index (χ0v) is 22.8. The lowest BCUT2D eigenvalue weighted by atomic mass is 9.98. The van der Waals surface area contributed by atoms with Crippen LogP contribution in [-0.4, -0.2) is 92.1 Å². The molecule has 9 nitrogen and oxygen atoms in total. The predicted octanol–water partition coefficient (Wildman–Crippen LogP) is 3.78. The van der Waals surface area contributed by atoms with Gasteiger partial charge in [0, 0.05) is 49.7 Å². The van der Waals surface area contributed by atoms with Crippen LogP contribution in [0.1, 0.15) is 36.9 Å². The molecule has 1 saturated heterocycles. The van der Waals surface area contributed by atoms with Gasteiger partial charge in [0.15, 0.2) is 0 Å². The summed E-state index contributed by atoms with van der Waals surface area (Å²) in [5, 5.41) is 9.74. The van der Waals surface area contributed by atoms with Gasteiger partial charge in [0.1, 0.15) is 12.3 Å². The Morgan fingerprint density at radius 3 is 2.71 bits per heavy atom. The molecule has 204 valence electrons. The summed E-state index contributed by atoms with van der Waals surface area (Å²) in [4.78, 5) is 30.6. The van der Waals surface area contributed by atoms with Crippen molar-refractivity contribution in [2.45, 2.75) is 25.8 Å². The van der Waals surface area contributed by atoms with Crippen molar-refractivity contribution in [3.8, 4) is 5.75 Å². The summed E-state index contributed by atoms with van der Waals surface area (Å²) in [6, 6.07) is 14.5. The number of benzene rings is 2. The molecule has 3 amide bonds. The minimum absolute atomic E-state index is 0.0876. The molecule has 0 unspecified atom stereocenters. The number of rotatable bonds is 10. The molecule has 0 spiro atoms. The van der Waals surface area contributed by atoms with Gasteiger partial charge in [-0.25, -0.2) is 9.80 Å². The number of morpholine rings is 1. The maximum atomic E-state index is 13.8. The highest BCUT2D eigenvalue weighted by Crippen LogP contribution is 2.36. The van der Waals surface area contributed by atoms with Gasteiger partial charge in [-0.2, -0.15) is 5.10 Å². The zero-order valence-electron chi connectivity index (χ0n) is 22.1. The summed E-state index contributed by atoms with van der Waals surface area (Å²) >= 11 is 6.57. The predicted molar refractivity (Wildman–Crippen MR) is 148 cm³/mol. The van der Waals surface area contributed by atoms with Gasteiger partial charge in [-0.05, 0) is 30.2 Å². The molecular weight excluding hydrogens is 506 g/mol. The Labute approximate surface area is 229 Å². The first-order valence-corrected chi connectivity index (χ1v) is 13.5. The summed E-state index contributed by atoms with van der Waals surface area (Å²) in [5.41, 5.74) is 2.46. The van der Waals surface area contributed by atoms with E-state index in [4.69, 9.17) is 26.2 Å². The largest absolute Gasteiger partial charge is 0.497 e. The van der Waals surface area contributed by atoms with Gasteiger partial charge in [0.25, 0.3) is 5.91 Å². The van der Waals surface area contributed by atoms with Crippen molar-refractivity contribution >= 4 is 29.3 Å². The fraction of sp³-hybridized carbons (Fsp3) is 0.464. The highest BCUT2D eigenvalue weighted by atomic mass is 35.5. The topological polar surface area (TPSA) is 86.7 Å². The van der Waals surface area contributed by atoms with E-state index >= 15 is 0 Å². The molecule has 2 heterocycles. The third kappa shape index (κ3) is 7.03. The highest BCUT2D eigenvalue weighted by Gasteiger charge is 2.35. The molecule has 0 aromatic heterocycles. The lowest BCUT2D eigenvalue weighted by Gasteiger charge is -2.31. The smallest absolute Gasteiger partial charge is 0.317 e. The Kier molecular flexibility index (Phi) is 9.98. The molecule has 2 aliphatic rings. The minimum atomic E-state index is -0.378. The number of hydrazone groups is 1. The number of ether oxygens (including phenoxy) is 2. The Bertz CT molecular complexity index is 1140. The number of nitrogens with zero attached hydrogens (tertiary/aromatic N) is 4. The molecule has 2 aromatic carbocycles. The lowest BCUT2D eigenvalue weighted by Crippen LogP contribution is -2.49. The van der Waals surface area contributed by atoms with Gasteiger partial charge in [-0.15, -0.1) is 0 Å². The monoisotopic (exact) mass is 541 g/mol. The van der Waals surface area contributed by atoms with Crippen molar-refractivity contribution in [2.24, 2.45) is 5.10 Å². The van der Waals surface area contributed by atoms with Crippen LogP contribution >= 0.6 is 11.6 Å². The van der Waals surface area contributed by atoms with Gasteiger partial charge in [-0.3, -0.25) is 9.69 Å². The van der Waals surface area contributed by atoms with Crippen LogP contribution in [0.4, 0.5) is 4.79 Å². The van der Waals surface area contributed by atoms with Gasteiger partial charge in [-0.1, -0.05) is 48.9 Å². The van der Waals surface area contributed by atoms with Crippen molar-refractivity contribution in [1.29, 1.82) is 0 Å². The number of halogens is 1. The molecule has 0 bridgehead atoms. The normalized spacial score (nSPS) is 17.7. The Morgan fingerprint density at radius 2 is 1.97 bits per heavy atom. The Balaban J connectivity index is 1.57. The van der Waals surface area contributed by atoms with Crippen molar-refractivity contribution in [2.75, 3.05) is 59.6 Å². The number of amides is 3. The molecule has 2 aromatic rings. The van der Waals surface area contributed by atoms with Crippen LogP contribution in [0, 0.1) is 0 Å². The summed E-state index contributed by atoms with van der Waals surface area (Å²) in [6.45, 7) is 6.53. The molecule has 1 fully saturated rings. The fourth-order valence-corrected chi connectivity index (χ4v) is 4.89. The number of hydrogen-bond acceptors (Lipinski definition) is 6. The van der Waals surface area contributed by atoms with E-state index in [0.29, 0.717) is 50.0 Å². The second-order valence-electron chi connectivity index (χ2n) is 9.37. The zero-order chi connectivity index (χ0) is 26.9. The molecular formula is C28H36ClN5O4. The molecule has 2 aliphatic heterocycles. The van der Waals surface area contributed by atoms with Crippen LogP contribution in [0.2, 0.25) is 5.02 Å². The van der Waals surface area contributed by atoms with Gasteiger partial charge < -0.3 is 19.7 Å². The van der Waals surface area contributed by atoms with Crippen LogP contribution in [0.25, 0.3) is 0 Å². The van der Waals surface area contributed by atoms with E-state index < -0.39 is 0 Å². The lowest BCUT2D eigenvalue weighted by molar-refractivity contribution is -0.133.